The molecule has 1 aromatic rings. The van der Waals surface area contributed by atoms with Crippen molar-refractivity contribution in [3.05, 3.63) is 28.5 Å². The predicted octanol–water partition coefficient (Wildman–Crippen LogP) is 2.03. The fourth-order valence-electron chi connectivity index (χ4n) is 1.15. The molecule has 2 N–H and O–H groups in total. The van der Waals surface area contributed by atoms with Gasteiger partial charge >= 0.3 is 6.18 Å². The summed E-state index contributed by atoms with van der Waals surface area (Å²) in [5.74, 6) is 0. The molecule has 0 bridgehead atoms. The average molecular weight is 299 g/mol. The van der Waals surface area contributed by atoms with Crippen LogP contribution in [0.2, 0.25) is 0 Å². The molecule has 1 rings (SSSR count). The highest BCUT2D eigenvalue weighted by atomic mass is 79.9. The van der Waals surface area contributed by atoms with E-state index in [1.54, 1.807) is 6.07 Å². The highest BCUT2D eigenvalue weighted by Gasteiger charge is 2.28. The van der Waals surface area contributed by atoms with Crippen LogP contribution in [0.5, 0.6) is 0 Å². The first kappa shape index (κ1) is 13.4. The first-order valence-corrected chi connectivity index (χ1v) is 5.23. The van der Waals surface area contributed by atoms with Crippen molar-refractivity contribution in [3.63, 3.8) is 0 Å². The van der Waals surface area contributed by atoms with Crippen LogP contribution in [0.15, 0.2) is 22.9 Å². The maximum atomic E-state index is 12.0. The van der Waals surface area contributed by atoms with Gasteiger partial charge in [0, 0.05) is 16.9 Å². The summed E-state index contributed by atoms with van der Waals surface area (Å²) < 4.78 is 36.6. The summed E-state index contributed by atoms with van der Waals surface area (Å²) in [5, 5.41) is 11.2. The predicted molar refractivity (Wildman–Crippen MR) is 55.8 cm³/mol. The Labute approximate surface area is 98.8 Å². The van der Waals surface area contributed by atoms with E-state index in [4.69, 9.17) is 5.11 Å². The number of hydrogen-bond acceptors (Lipinski definition) is 3. The normalized spacial score (nSPS) is 13.8. The number of pyridine rings is 1. The average Bonchev–Trinajstić information content (AvgIpc) is 2.17. The SMILES string of the molecule is OCC(NCC(F)(F)F)c1cncc(Br)c1. The molecule has 0 aliphatic carbocycles. The van der Waals surface area contributed by atoms with Gasteiger partial charge in [0.2, 0.25) is 0 Å². The standard InChI is InChI=1S/C9H10BrF3N2O/c10-7-1-6(2-14-3-7)8(4-16)15-5-9(11,12)13/h1-3,8,15-16H,4-5H2. The second-order valence-corrected chi connectivity index (χ2v) is 4.08. The molecule has 1 aromatic heterocycles. The molecule has 0 amide bonds. The van der Waals surface area contributed by atoms with Gasteiger partial charge < -0.3 is 5.11 Å². The van der Waals surface area contributed by atoms with E-state index < -0.39 is 25.4 Å². The van der Waals surface area contributed by atoms with E-state index in [0.29, 0.717) is 10.0 Å². The van der Waals surface area contributed by atoms with Crippen LogP contribution in [0.3, 0.4) is 0 Å². The number of nitrogens with zero attached hydrogens (tertiary/aromatic N) is 1. The third-order valence-corrected chi connectivity index (χ3v) is 2.29. The fraction of sp³-hybridized carbons (Fsp3) is 0.444. The quantitative estimate of drug-likeness (QED) is 0.894. The molecule has 0 fully saturated rings. The van der Waals surface area contributed by atoms with Crippen molar-refractivity contribution < 1.29 is 18.3 Å². The molecule has 1 atom stereocenters. The van der Waals surface area contributed by atoms with Crippen LogP contribution in [0.4, 0.5) is 13.2 Å². The summed E-state index contributed by atoms with van der Waals surface area (Å²) in [6.45, 7) is -1.57. The molecule has 1 unspecified atom stereocenters. The minimum absolute atomic E-state index is 0.422. The molecule has 16 heavy (non-hydrogen) atoms. The zero-order chi connectivity index (χ0) is 12.2. The molecule has 1 heterocycles. The lowest BCUT2D eigenvalue weighted by molar-refractivity contribution is -0.126. The van der Waals surface area contributed by atoms with Crippen molar-refractivity contribution in [3.8, 4) is 0 Å². The van der Waals surface area contributed by atoms with Crippen LogP contribution in [0.1, 0.15) is 11.6 Å². The molecule has 0 aliphatic rings. The maximum absolute atomic E-state index is 12.0. The lowest BCUT2D eigenvalue weighted by atomic mass is 10.1. The summed E-state index contributed by atoms with van der Waals surface area (Å²) in [6, 6.07) is 0.837. The monoisotopic (exact) mass is 298 g/mol. The van der Waals surface area contributed by atoms with Gasteiger partial charge in [-0.3, -0.25) is 10.3 Å². The van der Waals surface area contributed by atoms with Crippen LogP contribution in [-0.4, -0.2) is 29.4 Å². The second-order valence-electron chi connectivity index (χ2n) is 3.17. The Hall–Kier alpha value is -0.660. The summed E-state index contributed by atoms with van der Waals surface area (Å²) in [5.41, 5.74) is 0.501. The first-order chi connectivity index (χ1) is 7.42. The number of hydrogen-bond donors (Lipinski definition) is 2. The van der Waals surface area contributed by atoms with Crippen molar-refractivity contribution in [1.29, 1.82) is 0 Å². The van der Waals surface area contributed by atoms with E-state index in [2.05, 4.69) is 26.2 Å². The third-order valence-electron chi connectivity index (χ3n) is 1.86. The summed E-state index contributed by atoms with van der Waals surface area (Å²) in [6.07, 6.45) is -1.37. The number of alkyl halides is 3. The highest BCUT2D eigenvalue weighted by molar-refractivity contribution is 9.10. The molecular weight excluding hydrogens is 289 g/mol. The lowest BCUT2D eigenvalue weighted by Gasteiger charge is -2.17. The smallest absolute Gasteiger partial charge is 0.394 e. The van der Waals surface area contributed by atoms with E-state index in [1.807, 2.05) is 0 Å². The van der Waals surface area contributed by atoms with Crippen molar-refractivity contribution >= 4 is 15.9 Å². The summed E-state index contributed by atoms with van der Waals surface area (Å²) >= 11 is 3.16. The van der Waals surface area contributed by atoms with Gasteiger partial charge in [0.05, 0.1) is 19.2 Å². The van der Waals surface area contributed by atoms with Gasteiger partial charge in [-0.1, -0.05) is 0 Å². The van der Waals surface area contributed by atoms with Crippen LogP contribution in [0, 0.1) is 0 Å². The minimum Gasteiger partial charge on any atom is -0.394 e. The Balaban J connectivity index is 2.68. The molecule has 0 aromatic carbocycles. The molecule has 0 radical (unpaired) electrons. The Morgan fingerprint density at radius 2 is 2.12 bits per heavy atom. The summed E-state index contributed by atoms with van der Waals surface area (Å²) in [7, 11) is 0. The molecule has 0 saturated heterocycles. The van der Waals surface area contributed by atoms with Gasteiger partial charge in [-0.2, -0.15) is 13.2 Å². The zero-order valence-corrected chi connectivity index (χ0v) is 9.72. The molecule has 0 saturated carbocycles. The van der Waals surface area contributed by atoms with Crippen LogP contribution in [0.25, 0.3) is 0 Å². The topological polar surface area (TPSA) is 45.1 Å². The number of aliphatic hydroxyl groups is 1. The van der Waals surface area contributed by atoms with Gasteiger partial charge in [-0.15, -0.1) is 0 Å². The fourth-order valence-corrected chi connectivity index (χ4v) is 1.53. The molecule has 0 spiro atoms. The Morgan fingerprint density at radius 3 is 2.62 bits per heavy atom. The Bertz CT molecular complexity index is 346. The van der Waals surface area contributed by atoms with Crippen LogP contribution >= 0.6 is 15.9 Å². The Morgan fingerprint density at radius 1 is 1.44 bits per heavy atom. The lowest BCUT2D eigenvalue weighted by Crippen LogP contribution is -2.33. The van der Waals surface area contributed by atoms with Gasteiger partial charge in [-0.05, 0) is 27.6 Å². The number of aliphatic hydroxyl groups excluding tert-OH is 1. The number of rotatable bonds is 4. The zero-order valence-electron chi connectivity index (χ0n) is 8.13. The van der Waals surface area contributed by atoms with E-state index in [9.17, 15) is 13.2 Å². The van der Waals surface area contributed by atoms with Crippen molar-refractivity contribution in [2.75, 3.05) is 13.2 Å². The van der Waals surface area contributed by atoms with Crippen LogP contribution in [-0.2, 0) is 0 Å². The highest BCUT2D eigenvalue weighted by Crippen LogP contribution is 2.19. The molecule has 7 heteroatoms. The second kappa shape index (κ2) is 5.60. The molecule has 90 valence electrons. The van der Waals surface area contributed by atoms with Crippen molar-refractivity contribution in [2.45, 2.75) is 12.2 Å². The van der Waals surface area contributed by atoms with Crippen LogP contribution < -0.4 is 5.32 Å². The third kappa shape index (κ3) is 4.46. The van der Waals surface area contributed by atoms with Gasteiger partial charge in [-0.25, -0.2) is 0 Å². The van der Waals surface area contributed by atoms with E-state index in [0.717, 1.165) is 0 Å². The molecule has 0 aliphatic heterocycles. The van der Waals surface area contributed by atoms with Gasteiger partial charge in [0.1, 0.15) is 0 Å². The van der Waals surface area contributed by atoms with Crippen molar-refractivity contribution in [1.82, 2.24) is 10.3 Å². The molecular formula is C9H10BrF3N2O. The first-order valence-electron chi connectivity index (χ1n) is 4.44. The van der Waals surface area contributed by atoms with Crippen molar-refractivity contribution in [2.24, 2.45) is 0 Å². The summed E-state index contributed by atoms with van der Waals surface area (Å²) in [4.78, 5) is 3.82. The Kier molecular flexibility index (Phi) is 4.69. The number of nitrogens with one attached hydrogen (secondary N) is 1. The van der Waals surface area contributed by atoms with E-state index in [-0.39, 0.29) is 0 Å². The molecule has 3 nitrogen and oxygen atoms in total. The van der Waals surface area contributed by atoms with Gasteiger partial charge in [0.15, 0.2) is 0 Å². The minimum atomic E-state index is -4.30. The number of aromatic nitrogens is 1. The van der Waals surface area contributed by atoms with E-state index >= 15 is 0 Å². The maximum Gasteiger partial charge on any atom is 0.401 e. The van der Waals surface area contributed by atoms with Gasteiger partial charge in [0.25, 0.3) is 0 Å². The van der Waals surface area contributed by atoms with E-state index in [1.165, 1.54) is 12.4 Å². The number of halogens is 4. The largest absolute Gasteiger partial charge is 0.401 e.